The maximum absolute atomic E-state index is 13.1. The molecule has 2 aliphatic rings. The number of amides is 1. The van der Waals surface area contributed by atoms with Crippen molar-refractivity contribution in [1.29, 1.82) is 0 Å². The Labute approximate surface area is 183 Å². The van der Waals surface area contributed by atoms with Gasteiger partial charge in [0, 0.05) is 39.3 Å². The summed E-state index contributed by atoms with van der Waals surface area (Å²) in [5, 5.41) is 9.66. The van der Waals surface area contributed by atoms with Crippen LogP contribution in [0, 0.1) is 0 Å². The van der Waals surface area contributed by atoms with Gasteiger partial charge in [-0.05, 0) is 44.9 Å². The summed E-state index contributed by atoms with van der Waals surface area (Å²) >= 11 is 1.52. The Bertz CT molecular complexity index is 827. The van der Waals surface area contributed by atoms with Crippen LogP contribution in [0.1, 0.15) is 33.1 Å². The van der Waals surface area contributed by atoms with Crippen molar-refractivity contribution in [2.24, 2.45) is 0 Å². The lowest BCUT2D eigenvalue weighted by Crippen LogP contribution is -2.50. The van der Waals surface area contributed by atoms with Crippen molar-refractivity contribution in [2.75, 3.05) is 50.7 Å². The van der Waals surface area contributed by atoms with Crippen LogP contribution in [0.3, 0.4) is 0 Å². The summed E-state index contributed by atoms with van der Waals surface area (Å²) in [4.78, 5) is 19.8. The number of rotatable bonds is 6. The van der Waals surface area contributed by atoms with Crippen molar-refractivity contribution >= 4 is 23.6 Å². The van der Waals surface area contributed by atoms with Gasteiger partial charge in [0.1, 0.15) is 0 Å². The van der Waals surface area contributed by atoms with E-state index in [1.165, 1.54) is 31.0 Å². The van der Waals surface area contributed by atoms with E-state index >= 15 is 0 Å². The van der Waals surface area contributed by atoms with Gasteiger partial charge in [0.05, 0.1) is 10.9 Å². The second-order valence-electron chi connectivity index (χ2n) is 8.02. The number of piperidine rings is 1. The summed E-state index contributed by atoms with van der Waals surface area (Å²) < 4.78 is 2.12. The van der Waals surface area contributed by atoms with Gasteiger partial charge >= 0.3 is 0 Å². The van der Waals surface area contributed by atoms with Crippen LogP contribution >= 0.6 is 11.8 Å². The fourth-order valence-corrected chi connectivity index (χ4v) is 5.14. The number of anilines is 1. The predicted octanol–water partition coefficient (Wildman–Crippen LogP) is 2.90. The van der Waals surface area contributed by atoms with Crippen molar-refractivity contribution in [3.63, 3.8) is 0 Å². The van der Waals surface area contributed by atoms with Crippen LogP contribution in [0.25, 0.3) is 5.69 Å². The van der Waals surface area contributed by atoms with Crippen molar-refractivity contribution in [3.05, 3.63) is 30.3 Å². The normalized spacial score (nSPS) is 19.1. The van der Waals surface area contributed by atoms with E-state index in [9.17, 15) is 4.79 Å². The lowest BCUT2D eigenvalue weighted by atomic mass is 10.1. The van der Waals surface area contributed by atoms with Gasteiger partial charge in [0.25, 0.3) is 0 Å². The maximum Gasteiger partial charge on any atom is 0.235 e. The first-order valence-electron chi connectivity index (χ1n) is 11.1. The summed E-state index contributed by atoms with van der Waals surface area (Å²) in [5.74, 6) is 1.08. The molecule has 1 aromatic carbocycles. The number of nitrogens with zero attached hydrogens (tertiary/aromatic N) is 6. The second kappa shape index (κ2) is 9.83. The Hall–Kier alpha value is -2.06. The molecule has 0 saturated carbocycles. The highest BCUT2D eigenvalue weighted by molar-refractivity contribution is 8.00. The van der Waals surface area contributed by atoms with E-state index in [-0.39, 0.29) is 11.2 Å². The van der Waals surface area contributed by atoms with Crippen LogP contribution in [-0.2, 0) is 4.79 Å². The largest absolute Gasteiger partial charge is 0.341 e. The van der Waals surface area contributed by atoms with Crippen molar-refractivity contribution in [1.82, 2.24) is 24.6 Å². The zero-order valence-electron chi connectivity index (χ0n) is 18.0. The van der Waals surface area contributed by atoms with E-state index in [1.54, 1.807) is 0 Å². The van der Waals surface area contributed by atoms with Crippen LogP contribution in [-0.4, -0.2) is 81.5 Å². The Morgan fingerprint density at radius 2 is 1.70 bits per heavy atom. The van der Waals surface area contributed by atoms with Gasteiger partial charge < -0.3 is 14.7 Å². The molecule has 162 valence electrons. The molecule has 3 heterocycles. The molecule has 7 nitrogen and oxygen atoms in total. The first-order chi connectivity index (χ1) is 14.7. The smallest absolute Gasteiger partial charge is 0.235 e. The molecule has 0 unspecified atom stereocenters. The number of likely N-dealkylation sites (N-methyl/N-ethyl adjacent to an activating group) is 1. The van der Waals surface area contributed by atoms with Crippen LogP contribution in [0.15, 0.2) is 35.5 Å². The minimum Gasteiger partial charge on any atom is -0.341 e. The van der Waals surface area contributed by atoms with Gasteiger partial charge in [-0.1, -0.05) is 36.9 Å². The highest BCUT2D eigenvalue weighted by Crippen LogP contribution is 2.31. The molecule has 0 bridgehead atoms. The molecule has 0 radical (unpaired) electrons. The monoisotopic (exact) mass is 428 g/mol. The van der Waals surface area contributed by atoms with Gasteiger partial charge in [0.15, 0.2) is 5.16 Å². The Kier molecular flexibility index (Phi) is 6.94. The number of para-hydroxylation sites is 1. The number of hydrogen-bond acceptors (Lipinski definition) is 6. The number of thioether (sulfide) groups is 1. The van der Waals surface area contributed by atoms with Gasteiger partial charge in [-0.15, -0.1) is 10.2 Å². The molecule has 1 atom stereocenters. The highest BCUT2D eigenvalue weighted by atomic mass is 32.2. The molecule has 1 aromatic heterocycles. The third-order valence-electron chi connectivity index (χ3n) is 6.03. The van der Waals surface area contributed by atoms with Crippen LogP contribution in [0.5, 0.6) is 0 Å². The molecule has 2 fully saturated rings. The van der Waals surface area contributed by atoms with Crippen molar-refractivity contribution in [2.45, 2.75) is 43.5 Å². The van der Waals surface area contributed by atoms with E-state index in [4.69, 9.17) is 0 Å². The third kappa shape index (κ3) is 4.64. The van der Waals surface area contributed by atoms with E-state index in [2.05, 4.69) is 43.6 Å². The highest BCUT2D eigenvalue weighted by Gasteiger charge is 2.28. The molecule has 30 heavy (non-hydrogen) atoms. The molecule has 0 aliphatic carbocycles. The predicted molar refractivity (Wildman–Crippen MR) is 121 cm³/mol. The summed E-state index contributed by atoms with van der Waals surface area (Å²) in [5.41, 5.74) is 1.04. The van der Waals surface area contributed by atoms with Crippen molar-refractivity contribution in [3.8, 4) is 5.69 Å². The molecule has 8 heteroatoms. The van der Waals surface area contributed by atoms with Crippen LogP contribution < -0.4 is 4.90 Å². The first kappa shape index (κ1) is 21.2. The molecular formula is C22H32N6OS. The van der Waals surface area contributed by atoms with Gasteiger partial charge in [-0.25, -0.2) is 0 Å². The maximum atomic E-state index is 13.1. The fraction of sp³-hybridized carbons (Fsp3) is 0.591. The quantitative estimate of drug-likeness (QED) is 0.660. The average Bonchev–Trinajstić information content (AvgIpc) is 3.23. The molecule has 0 spiro atoms. The summed E-state index contributed by atoms with van der Waals surface area (Å²) in [6.45, 7) is 10.8. The topological polar surface area (TPSA) is 57.5 Å². The Balaban J connectivity index is 1.53. The first-order valence-corrected chi connectivity index (χ1v) is 12.0. The van der Waals surface area contributed by atoms with E-state index in [0.29, 0.717) is 0 Å². The molecule has 2 aromatic rings. The molecule has 4 rings (SSSR count). The number of carbonyl (C=O) groups is 1. The van der Waals surface area contributed by atoms with Crippen LogP contribution in [0.2, 0.25) is 0 Å². The van der Waals surface area contributed by atoms with Gasteiger partial charge in [0.2, 0.25) is 11.9 Å². The van der Waals surface area contributed by atoms with E-state index in [0.717, 1.165) is 62.6 Å². The molecular weight excluding hydrogens is 396 g/mol. The average molecular weight is 429 g/mol. The number of piperazine rings is 1. The third-order valence-corrected chi connectivity index (χ3v) is 7.06. The summed E-state index contributed by atoms with van der Waals surface area (Å²) in [7, 11) is 0. The van der Waals surface area contributed by atoms with Crippen LogP contribution in [0.4, 0.5) is 5.95 Å². The number of benzene rings is 1. The Morgan fingerprint density at radius 3 is 2.37 bits per heavy atom. The zero-order valence-corrected chi connectivity index (χ0v) is 18.9. The van der Waals surface area contributed by atoms with Gasteiger partial charge in [-0.2, -0.15) is 0 Å². The minimum atomic E-state index is -0.195. The second-order valence-corrected chi connectivity index (χ2v) is 9.33. The molecule has 2 aliphatic heterocycles. The van der Waals surface area contributed by atoms with Gasteiger partial charge in [-0.3, -0.25) is 9.36 Å². The van der Waals surface area contributed by atoms with E-state index in [1.807, 2.05) is 30.0 Å². The SMILES string of the molecule is CCN1CCN(C(=O)[C@H](C)Sc2nnc(N3CCCCC3)n2-c2ccccc2)CC1. The zero-order chi connectivity index (χ0) is 20.9. The number of hydrogen-bond donors (Lipinski definition) is 0. The number of carbonyl (C=O) groups excluding carboxylic acids is 1. The molecule has 2 saturated heterocycles. The van der Waals surface area contributed by atoms with E-state index < -0.39 is 0 Å². The number of aromatic nitrogens is 3. The standard InChI is InChI=1S/C22H32N6OS/c1-3-25-14-16-26(17-15-25)20(29)18(2)30-22-24-23-21(27-12-8-5-9-13-27)28(22)19-10-6-4-7-11-19/h4,6-7,10-11,18H,3,5,8-9,12-17H2,1-2H3/t18-/m0/s1. The summed E-state index contributed by atoms with van der Waals surface area (Å²) in [6, 6.07) is 10.2. The molecule has 1 amide bonds. The lowest BCUT2D eigenvalue weighted by Gasteiger charge is -2.35. The Morgan fingerprint density at radius 1 is 1.00 bits per heavy atom. The van der Waals surface area contributed by atoms with Crippen molar-refractivity contribution < 1.29 is 4.79 Å². The fourth-order valence-electron chi connectivity index (χ4n) is 4.19. The molecule has 0 N–H and O–H groups in total. The summed E-state index contributed by atoms with van der Waals surface area (Å²) in [6.07, 6.45) is 3.64. The minimum absolute atomic E-state index is 0.192. The lowest BCUT2D eigenvalue weighted by molar-refractivity contribution is -0.132.